The Bertz CT molecular complexity index is 559. The van der Waals surface area contributed by atoms with Crippen molar-refractivity contribution in [3.05, 3.63) is 60.2 Å². The monoisotopic (exact) mass is 282 g/mol. The highest BCUT2D eigenvalue weighted by molar-refractivity contribution is 5.35. The Hall–Kier alpha value is -1.80. The van der Waals surface area contributed by atoms with Crippen LogP contribution in [-0.2, 0) is 0 Å². The predicted octanol–water partition coefficient (Wildman–Crippen LogP) is 4.75. The van der Waals surface area contributed by atoms with Crippen LogP contribution in [-0.4, -0.2) is 11.7 Å². The van der Waals surface area contributed by atoms with Gasteiger partial charge in [-0.05, 0) is 67.3 Å². The first kappa shape index (κ1) is 14.2. The fourth-order valence-corrected chi connectivity index (χ4v) is 3.08. The van der Waals surface area contributed by atoms with Crippen LogP contribution >= 0.6 is 0 Å². The van der Waals surface area contributed by atoms with Gasteiger partial charge in [0.1, 0.15) is 11.5 Å². The molecule has 0 spiro atoms. The number of para-hydroxylation sites is 1. The first-order chi connectivity index (χ1) is 10.3. The average molecular weight is 282 g/mol. The van der Waals surface area contributed by atoms with E-state index in [4.69, 9.17) is 9.84 Å². The summed E-state index contributed by atoms with van der Waals surface area (Å²) in [5.41, 5.74) is 1.38. The molecule has 1 aliphatic carbocycles. The number of hydrogen-bond acceptors (Lipinski definition) is 2. The van der Waals surface area contributed by atoms with Gasteiger partial charge in [-0.1, -0.05) is 30.3 Å². The summed E-state index contributed by atoms with van der Waals surface area (Å²) >= 11 is 0. The molecule has 0 amide bonds. The van der Waals surface area contributed by atoms with Gasteiger partial charge in [0.2, 0.25) is 0 Å². The van der Waals surface area contributed by atoms with Crippen LogP contribution in [0, 0.1) is 5.92 Å². The van der Waals surface area contributed by atoms with E-state index < -0.39 is 0 Å². The second-order valence-electron chi connectivity index (χ2n) is 5.89. The van der Waals surface area contributed by atoms with E-state index in [9.17, 15) is 0 Å². The topological polar surface area (TPSA) is 29.5 Å². The van der Waals surface area contributed by atoms with Gasteiger partial charge in [-0.3, -0.25) is 0 Å². The molecule has 110 valence electrons. The van der Waals surface area contributed by atoms with Gasteiger partial charge < -0.3 is 9.84 Å². The molecule has 1 fully saturated rings. The molecule has 0 aliphatic heterocycles. The minimum atomic E-state index is 0.321. The number of ether oxygens (including phenoxy) is 1. The molecule has 1 saturated carbocycles. The maximum absolute atomic E-state index is 8.88. The summed E-state index contributed by atoms with van der Waals surface area (Å²) < 4.78 is 5.90. The molecule has 2 heteroatoms. The highest BCUT2D eigenvalue weighted by Crippen LogP contribution is 2.44. The molecule has 0 atom stereocenters. The Morgan fingerprint density at radius 2 is 1.71 bits per heavy atom. The Labute approximate surface area is 126 Å². The minimum absolute atomic E-state index is 0.321. The number of benzene rings is 2. The fraction of sp³-hybridized carbons (Fsp3) is 0.368. The van der Waals surface area contributed by atoms with Gasteiger partial charge in [0.25, 0.3) is 0 Å². The molecule has 0 bridgehead atoms. The number of rotatable bonds is 6. The summed E-state index contributed by atoms with van der Waals surface area (Å²) in [7, 11) is 0. The highest BCUT2D eigenvalue weighted by atomic mass is 16.5. The van der Waals surface area contributed by atoms with Crippen LogP contribution in [0.1, 0.15) is 37.2 Å². The predicted molar refractivity (Wildman–Crippen MR) is 84.7 cm³/mol. The fourth-order valence-electron chi connectivity index (χ4n) is 3.08. The zero-order chi connectivity index (χ0) is 14.5. The summed E-state index contributed by atoms with van der Waals surface area (Å²) in [4.78, 5) is 0. The van der Waals surface area contributed by atoms with Gasteiger partial charge >= 0.3 is 0 Å². The van der Waals surface area contributed by atoms with Crippen molar-refractivity contribution in [3.63, 3.8) is 0 Å². The van der Waals surface area contributed by atoms with Crippen molar-refractivity contribution in [2.75, 3.05) is 6.61 Å². The van der Waals surface area contributed by atoms with Crippen molar-refractivity contribution in [1.82, 2.24) is 0 Å². The third-order valence-corrected chi connectivity index (χ3v) is 4.31. The molecular weight excluding hydrogens is 260 g/mol. The number of aliphatic hydroxyl groups is 1. The maximum atomic E-state index is 8.88. The molecule has 0 saturated heterocycles. The van der Waals surface area contributed by atoms with Crippen LogP contribution in [0.3, 0.4) is 0 Å². The molecule has 3 rings (SSSR count). The average Bonchev–Trinajstić information content (AvgIpc) is 2.47. The van der Waals surface area contributed by atoms with Crippen molar-refractivity contribution in [1.29, 1.82) is 0 Å². The van der Waals surface area contributed by atoms with Gasteiger partial charge in [0.05, 0.1) is 0 Å². The van der Waals surface area contributed by atoms with Crippen molar-refractivity contribution in [2.45, 2.75) is 31.6 Å². The van der Waals surface area contributed by atoms with E-state index in [1.807, 2.05) is 36.4 Å². The van der Waals surface area contributed by atoms with Crippen LogP contribution in [0.2, 0.25) is 0 Å². The lowest BCUT2D eigenvalue weighted by atomic mass is 9.70. The molecule has 2 aromatic carbocycles. The van der Waals surface area contributed by atoms with E-state index in [-0.39, 0.29) is 0 Å². The van der Waals surface area contributed by atoms with E-state index in [0.717, 1.165) is 30.3 Å². The van der Waals surface area contributed by atoms with Crippen LogP contribution in [0.15, 0.2) is 54.6 Å². The first-order valence-electron chi connectivity index (χ1n) is 7.79. The highest BCUT2D eigenvalue weighted by Gasteiger charge is 2.29. The first-order valence-corrected chi connectivity index (χ1v) is 7.79. The molecule has 1 aliphatic rings. The summed E-state index contributed by atoms with van der Waals surface area (Å²) in [6.07, 6.45) is 4.59. The SMILES string of the molecule is OCCC[C@H]1C[C@@H](c2cccc(Oc3ccccc3)c2)C1. The largest absolute Gasteiger partial charge is 0.457 e. The minimum Gasteiger partial charge on any atom is -0.457 e. The Morgan fingerprint density at radius 3 is 2.48 bits per heavy atom. The van der Waals surface area contributed by atoms with E-state index in [0.29, 0.717) is 12.5 Å². The van der Waals surface area contributed by atoms with Crippen LogP contribution in [0.5, 0.6) is 11.5 Å². The smallest absolute Gasteiger partial charge is 0.127 e. The molecule has 0 aromatic heterocycles. The van der Waals surface area contributed by atoms with E-state index in [2.05, 4.69) is 18.2 Å². The lowest BCUT2D eigenvalue weighted by Crippen LogP contribution is -2.22. The van der Waals surface area contributed by atoms with E-state index in [1.165, 1.54) is 18.4 Å². The van der Waals surface area contributed by atoms with Gasteiger partial charge in [0, 0.05) is 6.61 Å². The van der Waals surface area contributed by atoms with Gasteiger partial charge in [0.15, 0.2) is 0 Å². The van der Waals surface area contributed by atoms with Gasteiger partial charge in [-0.15, -0.1) is 0 Å². The molecule has 0 heterocycles. The van der Waals surface area contributed by atoms with E-state index >= 15 is 0 Å². The van der Waals surface area contributed by atoms with Crippen molar-refractivity contribution < 1.29 is 9.84 Å². The van der Waals surface area contributed by atoms with Gasteiger partial charge in [-0.25, -0.2) is 0 Å². The maximum Gasteiger partial charge on any atom is 0.127 e. The molecule has 2 aromatic rings. The van der Waals surface area contributed by atoms with Crippen molar-refractivity contribution >= 4 is 0 Å². The zero-order valence-electron chi connectivity index (χ0n) is 12.2. The quantitative estimate of drug-likeness (QED) is 0.828. The Balaban J connectivity index is 1.60. The third-order valence-electron chi connectivity index (χ3n) is 4.31. The number of hydrogen-bond donors (Lipinski definition) is 1. The molecular formula is C19H22O2. The van der Waals surface area contributed by atoms with Crippen LogP contribution in [0.25, 0.3) is 0 Å². The standard InChI is InChI=1S/C19H22O2/c20-11-5-6-15-12-17(13-15)16-7-4-10-19(14-16)21-18-8-2-1-3-9-18/h1-4,7-10,14-15,17,20H,5-6,11-13H2/t15-,17+. The normalized spacial score (nSPS) is 20.8. The molecule has 1 N–H and O–H groups in total. The lowest BCUT2D eigenvalue weighted by molar-refractivity contribution is 0.211. The van der Waals surface area contributed by atoms with Gasteiger partial charge in [-0.2, -0.15) is 0 Å². The zero-order valence-corrected chi connectivity index (χ0v) is 12.2. The van der Waals surface area contributed by atoms with Crippen molar-refractivity contribution in [3.8, 4) is 11.5 Å². The summed E-state index contributed by atoms with van der Waals surface area (Å²) in [5, 5.41) is 8.88. The Morgan fingerprint density at radius 1 is 0.952 bits per heavy atom. The summed E-state index contributed by atoms with van der Waals surface area (Å²) in [6, 6.07) is 18.4. The molecule has 2 nitrogen and oxygen atoms in total. The molecule has 0 radical (unpaired) electrons. The van der Waals surface area contributed by atoms with Crippen molar-refractivity contribution in [2.24, 2.45) is 5.92 Å². The second-order valence-corrected chi connectivity index (χ2v) is 5.89. The van der Waals surface area contributed by atoms with Crippen LogP contribution in [0.4, 0.5) is 0 Å². The van der Waals surface area contributed by atoms with E-state index in [1.54, 1.807) is 0 Å². The second kappa shape index (κ2) is 6.77. The summed E-state index contributed by atoms with van der Waals surface area (Å²) in [5.74, 6) is 3.25. The summed E-state index contributed by atoms with van der Waals surface area (Å²) in [6.45, 7) is 0.321. The van der Waals surface area contributed by atoms with Crippen LogP contribution < -0.4 is 4.74 Å². The Kier molecular flexibility index (Phi) is 4.56. The number of aliphatic hydroxyl groups excluding tert-OH is 1. The third kappa shape index (κ3) is 3.64. The molecule has 21 heavy (non-hydrogen) atoms. The lowest BCUT2D eigenvalue weighted by Gasteiger charge is -2.36. The molecule has 0 unspecified atom stereocenters.